The van der Waals surface area contributed by atoms with Gasteiger partial charge in [0.1, 0.15) is 0 Å². The van der Waals surface area contributed by atoms with Crippen molar-refractivity contribution >= 4 is 0 Å². The summed E-state index contributed by atoms with van der Waals surface area (Å²) in [6.07, 6.45) is 15.1. The molecule has 1 unspecified atom stereocenters. The van der Waals surface area contributed by atoms with Crippen molar-refractivity contribution in [2.75, 3.05) is 0 Å². The molecule has 0 aromatic carbocycles. The van der Waals surface area contributed by atoms with Crippen molar-refractivity contribution in [3.8, 4) is 0 Å². The average molecular weight is 249 g/mol. The molecule has 0 fully saturated rings. The van der Waals surface area contributed by atoms with Crippen LogP contribution in [0.1, 0.15) is 20.3 Å². The van der Waals surface area contributed by atoms with Crippen LogP contribution in [0.15, 0.2) is 45.3 Å². The Morgan fingerprint density at radius 3 is 2.85 bits per heavy atom. The Kier molecular flexibility index (Phi) is 2.56. The van der Waals surface area contributed by atoms with E-state index >= 15 is 0 Å². The van der Waals surface area contributed by atoms with E-state index in [9.17, 15) is 0 Å². The van der Waals surface area contributed by atoms with Gasteiger partial charge in [0.25, 0.3) is 0 Å². The van der Waals surface area contributed by atoms with Crippen molar-refractivity contribution in [3.63, 3.8) is 0 Å². The second-order valence-corrected chi connectivity index (χ2v) is 8.79. The van der Waals surface area contributed by atoms with Gasteiger partial charge in [-0.15, -0.1) is 0 Å². The molecule has 0 saturated carbocycles. The minimum atomic E-state index is -0.421. The number of hydrogen-bond donors (Lipinski definition) is 0. The molecule has 0 aromatic heterocycles. The molecule has 0 N–H and O–H groups in total. The summed E-state index contributed by atoms with van der Waals surface area (Å²) in [5, 5.41) is 0. The molecule has 1 atom stereocenters. The maximum absolute atomic E-state index is 2.44. The summed E-state index contributed by atoms with van der Waals surface area (Å²) in [5.41, 5.74) is 1.44. The topological polar surface area (TPSA) is 0 Å². The maximum atomic E-state index is 2.44. The number of allylic oxidation sites excluding steroid dienone is 8. The van der Waals surface area contributed by atoms with Crippen molar-refractivity contribution in [1.82, 2.24) is 0 Å². The molecular weight excluding hydrogens is 235 g/mol. The fraction of sp³-hybridized carbons (Fsp3) is 0.333. The monoisotopic (exact) mass is 248 g/mol. The van der Waals surface area contributed by atoms with Crippen LogP contribution in [-0.2, 0) is 23.2 Å². The van der Waals surface area contributed by atoms with Gasteiger partial charge in [-0.3, -0.25) is 0 Å². The third-order valence-corrected chi connectivity index (χ3v) is 6.21. The van der Waals surface area contributed by atoms with Gasteiger partial charge in [0.05, 0.1) is 0 Å². The van der Waals surface area contributed by atoms with E-state index in [1.165, 1.54) is 12.0 Å². The van der Waals surface area contributed by atoms with Crippen molar-refractivity contribution in [1.29, 1.82) is 0 Å². The fourth-order valence-corrected chi connectivity index (χ4v) is 5.67. The predicted molar refractivity (Wildman–Crippen MR) is 53.1 cm³/mol. The molecule has 1 heteroatoms. The first-order valence-electron chi connectivity index (χ1n) is 4.71. The van der Waals surface area contributed by atoms with Gasteiger partial charge in [-0.2, -0.15) is 0 Å². The molecule has 0 heterocycles. The van der Waals surface area contributed by atoms with E-state index in [-0.39, 0.29) is 0 Å². The van der Waals surface area contributed by atoms with Crippen LogP contribution < -0.4 is 0 Å². The summed E-state index contributed by atoms with van der Waals surface area (Å²) in [4.78, 5) is 0. The van der Waals surface area contributed by atoms with Crippen molar-refractivity contribution in [2.24, 2.45) is 0 Å². The van der Waals surface area contributed by atoms with Crippen LogP contribution in [0, 0.1) is 0 Å². The number of rotatable bonds is 2. The second kappa shape index (κ2) is 3.54. The molecule has 0 spiro atoms. The Balaban J connectivity index is 2.06. The summed E-state index contributed by atoms with van der Waals surface area (Å²) in [6, 6.07) is 0. The van der Waals surface area contributed by atoms with Gasteiger partial charge in [0.2, 0.25) is 0 Å². The summed E-state index contributed by atoms with van der Waals surface area (Å²) in [6.45, 7) is 4.58. The summed E-state index contributed by atoms with van der Waals surface area (Å²) >= 11 is -0.421. The second-order valence-electron chi connectivity index (χ2n) is 3.95. The van der Waals surface area contributed by atoms with E-state index in [0.29, 0.717) is 3.12 Å². The Bertz CT molecular complexity index is 331. The van der Waals surface area contributed by atoms with Gasteiger partial charge in [-0.1, -0.05) is 0 Å². The van der Waals surface area contributed by atoms with Crippen LogP contribution in [-0.4, -0.2) is 0 Å². The first-order chi connectivity index (χ1) is 6.18. The normalized spacial score (nSPS) is 30.6. The van der Waals surface area contributed by atoms with E-state index in [1.807, 2.05) is 0 Å². The van der Waals surface area contributed by atoms with E-state index in [4.69, 9.17) is 0 Å². The Morgan fingerprint density at radius 2 is 2.31 bits per heavy atom. The van der Waals surface area contributed by atoms with Gasteiger partial charge < -0.3 is 0 Å². The summed E-state index contributed by atoms with van der Waals surface area (Å²) < 4.78 is 2.17. The first-order valence-corrected chi connectivity index (χ1v) is 7.16. The molecular formula is C12H14Zr. The van der Waals surface area contributed by atoms with Gasteiger partial charge in [-0.25, -0.2) is 0 Å². The van der Waals surface area contributed by atoms with Crippen LogP contribution in [0.25, 0.3) is 0 Å². The van der Waals surface area contributed by atoms with E-state index in [0.717, 1.165) is 0 Å². The Hall–Kier alpha value is -0.157. The SMILES string of the molecule is CC1=C[C](C)([Zr][C]2=CC=CC2)C=C1. The molecule has 0 radical (unpaired) electrons. The van der Waals surface area contributed by atoms with Crippen LogP contribution >= 0.6 is 0 Å². The third kappa shape index (κ3) is 2.20. The van der Waals surface area contributed by atoms with Gasteiger partial charge >= 0.3 is 91.9 Å². The van der Waals surface area contributed by atoms with Crippen LogP contribution in [0.3, 0.4) is 0 Å². The predicted octanol–water partition coefficient (Wildman–Crippen LogP) is 3.61. The summed E-state index contributed by atoms with van der Waals surface area (Å²) in [7, 11) is 0. The fourth-order valence-electron chi connectivity index (χ4n) is 1.84. The van der Waals surface area contributed by atoms with E-state index < -0.39 is 23.2 Å². The molecule has 0 saturated heterocycles. The molecule has 0 bridgehead atoms. The zero-order chi connectivity index (χ0) is 9.31. The molecule has 0 aromatic rings. The molecule has 13 heavy (non-hydrogen) atoms. The van der Waals surface area contributed by atoms with Gasteiger partial charge in [-0.05, 0) is 0 Å². The minimum absolute atomic E-state index is 0.421. The Morgan fingerprint density at radius 1 is 1.46 bits per heavy atom. The zero-order valence-electron chi connectivity index (χ0n) is 8.17. The van der Waals surface area contributed by atoms with Crippen LogP contribution in [0.2, 0.25) is 3.12 Å². The molecule has 0 amide bonds. The van der Waals surface area contributed by atoms with Crippen molar-refractivity contribution < 1.29 is 23.2 Å². The van der Waals surface area contributed by atoms with E-state index in [2.05, 4.69) is 50.3 Å². The van der Waals surface area contributed by atoms with E-state index in [1.54, 1.807) is 3.28 Å². The number of hydrogen-bond acceptors (Lipinski definition) is 0. The summed E-state index contributed by atoms with van der Waals surface area (Å²) in [5.74, 6) is 0. The van der Waals surface area contributed by atoms with Crippen molar-refractivity contribution in [2.45, 2.75) is 23.4 Å². The van der Waals surface area contributed by atoms with Crippen molar-refractivity contribution in [3.05, 3.63) is 45.3 Å². The van der Waals surface area contributed by atoms with Gasteiger partial charge in [0, 0.05) is 0 Å². The van der Waals surface area contributed by atoms with Crippen LogP contribution in [0.4, 0.5) is 0 Å². The van der Waals surface area contributed by atoms with Gasteiger partial charge in [0.15, 0.2) is 0 Å². The quantitative estimate of drug-likeness (QED) is 0.701. The molecule has 0 aliphatic heterocycles. The molecule has 2 aliphatic rings. The molecule has 0 nitrogen and oxygen atoms in total. The molecule has 66 valence electrons. The first kappa shape index (κ1) is 9.40. The average Bonchev–Trinajstić information content (AvgIpc) is 2.62. The molecule has 2 aliphatic carbocycles. The Labute approximate surface area is 91.7 Å². The molecule has 2 rings (SSSR count). The standard InChI is InChI=1S/C7H9.C5H5.Zr/c1-6-3-4-7(2)5-6;1-2-4-5-3-1;/h3-5H,1-2H3;1-3H,4H2;. The third-order valence-electron chi connectivity index (χ3n) is 2.42. The van der Waals surface area contributed by atoms with Crippen LogP contribution in [0.5, 0.6) is 0 Å². The zero-order valence-corrected chi connectivity index (χ0v) is 10.6.